The fraction of sp³-hybridized carbons (Fsp3) is 0.333. The van der Waals surface area contributed by atoms with E-state index in [1.807, 2.05) is 28.5 Å². The van der Waals surface area contributed by atoms with E-state index in [-0.39, 0.29) is 11.8 Å². The van der Waals surface area contributed by atoms with Crippen LogP contribution in [0.5, 0.6) is 0 Å². The fourth-order valence-electron chi connectivity index (χ4n) is 2.38. The van der Waals surface area contributed by atoms with E-state index >= 15 is 0 Å². The summed E-state index contributed by atoms with van der Waals surface area (Å²) in [5.41, 5.74) is 1.11. The molecule has 0 spiro atoms. The van der Waals surface area contributed by atoms with E-state index in [1.54, 1.807) is 29.6 Å². The number of nitrogens with one attached hydrogen (secondary N) is 1. The van der Waals surface area contributed by atoms with Crippen LogP contribution in [0.25, 0.3) is 0 Å². The number of fused-ring (bicyclic) bond motifs is 1. The van der Waals surface area contributed by atoms with Crippen LogP contribution in [0.15, 0.2) is 23.6 Å². The number of nitrogens with zero attached hydrogens (tertiary/aromatic N) is 1. The van der Waals surface area contributed by atoms with Gasteiger partial charge in [0.05, 0.1) is 11.4 Å². The lowest BCUT2D eigenvalue weighted by Gasteiger charge is -2.25. The minimum Gasteiger partial charge on any atom is -0.346 e. The lowest BCUT2D eigenvalue weighted by molar-refractivity contribution is -0.129. The molecule has 0 fully saturated rings. The van der Waals surface area contributed by atoms with E-state index in [0.29, 0.717) is 13.1 Å². The Labute approximate surface area is 131 Å². The number of carbonyl (C=O) groups excluding carboxylic acids is 2. The summed E-state index contributed by atoms with van der Waals surface area (Å²) in [6, 6.07) is 5.92. The summed E-state index contributed by atoms with van der Waals surface area (Å²) in [5.74, 6) is 0.0627. The summed E-state index contributed by atoms with van der Waals surface area (Å²) >= 11 is 3.18. The third-order valence-corrected chi connectivity index (χ3v) is 5.65. The van der Waals surface area contributed by atoms with E-state index in [0.717, 1.165) is 28.3 Å². The first-order chi connectivity index (χ1) is 10.1. The van der Waals surface area contributed by atoms with Gasteiger partial charge in [0, 0.05) is 29.8 Å². The predicted molar refractivity (Wildman–Crippen MR) is 84.6 cm³/mol. The largest absolute Gasteiger partial charge is 0.346 e. The Balaban J connectivity index is 1.67. The Kier molecular flexibility index (Phi) is 4.07. The molecule has 0 aromatic carbocycles. The molecule has 1 N–H and O–H groups in total. The van der Waals surface area contributed by atoms with Crippen LogP contribution >= 0.6 is 22.7 Å². The van der Waals surface area contributed by atoms with E-state index in [2.05, 4.69) is 5.32 Å². The first-order valence-electron chi connectivity index (χ1n) is 6.81. The van der Waals surface area contributed by atoms with Crippen molar-refractivity contribution in [3.8, 4) is 0 Å². The van der Waals surface area contributed by atoms with E-state index in [1.165, 1.54) is 4.88 Å². The summed E-state index contributed by atoms with van der Waals surface area (Å²) in [6.07, 6.45) is 0.845. The van der Waals surface area contributed by atoms with Gasteiger partial charge in [-0.3, -0.25) is 9.59 Å². The molecule has 1 aliphatic rings. The van der Waals surface area contributed by atoms with Gasteiger partial charge in [0.15, 0.2) is 0 Å². The highest BCUT2D eigenvalue weighted by atomic mass is 32.1. The van der Waals surface area contributed by atoms with Gasteiger partial charge in [-0.1, -0.05) is 6.07 Å². The van der Waals surface area contributed by atoms with Crippen molar-refractivity contribution in [1.29, 1.82) is 0 Å². The topological polar surface area (TPSA) is 49.4 Å². The van der Waals surface area contributed by atoms with Gasteiger partial charge < -0.3 is 10.2 Å². The Hall–Kier alpha value is -1.66. The van der Waals surface area contributed by atoms with Crippen molar-refractivity contribution in [2.75, 3.05) is 6.54 Å². The van der Waals surface area contributed by atoms with Crippen LogP contribution in [-0.2, 0) is 24.3 Å². The van der Waals surface area contributed by atoms with Gasteiger partial charge in [-0.15, -0.1) is 22.7 Å². The SMILES string of the molecule is CC(=O)N1CCc2sc(C(=O)NCc3cccs3)cc2C1. The molecule has 3 heterocycles. The molecule has 6 heteroatoms. The number of hydrogen-bond donors (Lipinski definition) is 1. The van der Waals surface area contributed by atoms with E-state index in [4.69, 9.17) is 0 Å². The Morgan fingerprint density at radius 3 is 3.00 bits per heavy atom. The van der Waals surface area contributed by atoms with Crippen LogP contribution in [0.1, 0.15) is 31.9 Å². The van der Waals surface area contributed by atoms with Gasteiger partial charge in [-0.25, -0.2) is 0 Å². The lowest BCUT2D eigenvalue weighted by Crippen LogP contribution is -2.33. The van der Waals surface area contributed by atoms with Crippen molar-refractivity contribution >= 4 is 34.5 Å². The molecule has 4 nitrogen and oxygen atoms in total. The highest BCUT2D eigenvalue weighted by Gasteiger charge is 2.22. The highest BCUT2D eigenvalue weighted by Crippen LogP contribution is 2.28. The number of rotatable bonds is 3. The van der Waals surface area contributed by atoms with Gasteiger partial charge in [0.1, 0.15) is 0 Å². The Morgan fingerprint density at radius 1 is 1.43 bits per heavy atom. The predicted octanol–water partition coefficient (Wildman–Crippen LogP) is 2.64. The van der Waals surface area contributed by atoms with Crippen LogP contribution in [-0.4, -0.2) is 23.3 Å². The fourth-order valence-corrected chi connectivity index (χ4v) is 4.11. The van der Waals surface area contributed by atoms with Crippen molar-refractivity contribution in [3.63, 3.8) is 0 Å². The molecular weight excluding hydrogens is 304 g/mol. The standard InChI is InChI=1S/C15H16N2O2S2/c1-10(18)17-5-4-13-11(9-17)7-14(21-13)15(19)16-8-12-3-2-6-20-12/h2-3,6-7H,4-5,8-9H2,1H3,(H,16,19). The number of carbonyl (C=O) groups is 2. The van der Waals surface area contributed by atoms with Gasteiger partial charge in [-0.2, -0.15) is 0 Å². The van der Waals surface area contributed by atoms with Crippen LogP contribution < -0.4 is 5.32 Å². The van der Waals surface area contributed by atoms with Crippen LogP contribution in [0.3, 0.4) is 0 Å². The second-order valence-electron chi connectivity index (χ2n) is 5.01. The molecule has 2 aromatic rings. The molecule has 2 amide bonds. The molecule has 0 atom stereocenters. The summed E-state index contributed by atoms with van der Waals surface area (Å²) in [4.78, 5) is 28.6. The molecule has 21 heavy (non-hydrogen) atoms. The smallest absolute Gasteiger partial charge is 0.261 e. The Bertz CT molecular complexity index is 661. The summed E-state index contributed by atoms with van der Waals surface area (Å²) < 4.78 is 0. The van der Waals surface area contributed by atoms with Crippen molar-refractivity contribution in [2.24, 2.45) is 0 Å². The number of amides is 2. The maximum absolute atomic E-state index is 12.2. The first kappa shape index (κ1) is 14.3. The molecule has 0 saturated carbocycles. The average molecular weight is 320 g/mol. The maximum atomic E-state index is 12.2. The molecule has 3 rings (SSSR count). The first-order valence-corrected chi connectivity index (χ1v) is 8.51. The zero-order valence-electron chi connectivity index (χ0n) is 11.7. The Morgan fingerprint density at radius 2 is 2.29 bits per heavy atom. The zero-order valence-corrected chi connectivity index (χ0v) is 13.4. The van der Waals surface area contributed by atoms with Crippen molar-refractivity contribution in [3.05, 3.63) is 43.8 Å². The normalized spacial score (nSPS) is 13.9. The van der Waals surface area contributed by atoms with Crippen LogP contribution in [0.4, 0.5) is 0 Å². The molecule has 0 unspecified atom stereocenters. The lowest BCUT2D eigenvalue weighted by atomic mass is 10.1. The summed E-state index contributed by atoms with van der Waals surface area (Å²) in [5, 5.41) is 4.95. The second-order valence-corrected chi connectivity index (χ2v) is 7.18. The quantitative estimate of drug-likeness (QED) is 0.945. The van der Waals surface area contributed by atoms with Gasteiger partial charge in [0.25, 0.3) is 5.91 Å². The van der Waals surface area contributed by atoms with Gasteiger partial charge in [-0.05, 0) is 29.5 Å². The zero-order chi connectivity index (χ0) is 14.8. The molecular formula is C15H16N2O2S2. The molecule has 0 aliphatic carbocycles. The average Bonchev–Trinajstić information content (AvgIpc) is 3.12. The molecule has 110 valence electrons. The van der Waals surface area contributed by atoms with Gasteiger partial charge in [0.2, 0.25) is 5.91 Å². The molecule has 0 radical (unpaired) electrons. The second kappa shape index (κ2) is 5.99. The molecule has 1 aliphatic heterocycles. The minimum atomic E-state index is -0.0304. The number of hydrogen-bond acceptors (Lipinski definition) is 4. The van der Waals surface area contributed by atoms with Crippen molar-refractivity contribution < 1.29 is 9.59 Å². The molecule has 2 aromatic heterocycles. The summed E-state index contributed by atoms with van der Waals surface area (Å²) in [6.45, 7) is 3.53. The molecule has 0 bridgehead atoms. The van der Waals surface area contributed by atoms with Crippen LogP contribution in [0.2, 0.25) is 0 Å². The van der Waals surface area contributed by atoms with E-state index < -0.39 is 0 Å². The minimum absolute atomic E-state index is 0.0304. The van der Waals surface area contributed by atoms with Gasteiger partial charge >= 0.3 is 0 Å². The number of thiophene rings is 2. The summed E-state index contributed by atoms with van der Waals surface area (Å²) in [7, 11) is 0. The molecule has 0 saturated heterocycles. The van der Waals surface area contributed by atoms with E-state index in [9.17, 15) is 9.59 Å². The third-order valence-electron chi connectivity index (χ3n) is 3.54. The monoisotopic (exact) mass is 320 g/mol. The van der Waals surface area contributed by atoms with Crippen molar-refractivity contribution in [1.82, 2.24) is 10.2 Å². The third kappa shape index (κ3) is 3.16. The highest BCUT2D eigenvalue weighted by molar-refractivity contribution is 7.14. The van der Waals surface area contributed by atoms with Crippen molar-refractivity contribution in [2.45, 2.75) is 26.4 Å². The van der Waals surface area contributed by atoms with Crippen LogP contribution in [0, 0.1) is 0 Å². The maximum Gasteiger partial charge on any atom is 0.261 e.